The Morgan fingerprint density at radius 2 is 1.79 bits per heavy atom. The molecule has 2 aromatic rings. The van der Waals surface area contributed by atoms with Gasteiger partial charge in [-0.25, -0.2) is 0 Å². The highest BCUT2D eigenvalue weighted by atomic mass is 16.5. The van der Waals surface area contributed by atoms with Gasteiger partial charge in [-0.2, -0.15) is 0 Å². The zero-order valence-corrected chi connectivity index (χ0v) is 11.1. The van der Waals surface area contributed by atoms with Crippen LogP contribution in [0.15, 0.2) is 48.5 Å². The van der Waals surface area contributed by atoms with Gasteiger partial charge in [0.25, 0.3) is 0 Å². The summed E-state index contributed by atoms with van der Waals surface area (Å²) in [5, 5.41) is 0. The van der Waals surface area contributed by atoms with Crippen LogP contribution >= 0.6 is 0 Å². The molecule has 0 bridgehead atoms. The molecule has 96 valence electrons. The number of benzene rings is 2. The topological polar surface area (TPSA) is 26.3 Å². The molecule has 0 spiro atoms. The van der Waals surface area contributed by atoms with E-state index in [0.29, 0.717) is 6.61 Å². The number of ketones is 1. The van der Waals surface area contributed by atoms with E-state index >= 15 is 0 Å². The second-order valence-electron chi connectivity index (χ2n) is 5.58. The third-order valence-corrected chi connectivity index (χ3v) is 3.60. The minimum Gasteiger partial charge on any atom is -0.492 e. The van der Waals surface area contributed by atoms with E-state index in [1.54, 1.807) is 0 Å². The zero-order chi connectivity index (χ0) is 13.5. The number of hydrogen-bond donors (Lipinski definition) is 0. The van der Waals surface area contributed by atoms with Crippen molar-refractivity contribution in [1.29, 1.82) is 0 Å². The summed E-state index contributed by atoms with van der Waals surface area (Å²) in [4.78, 5) is 12.4. The van der Waals surface area contributed by atoms with Gasteiger partial charge in [-0.15, -0.1) is 0 Å². The summed E-state index contributed by atoms with van der Waals surface area (Å²) in [5.41, 5.74) is 2.54. The van der Waals surface area contributed by atoms with Crippen molar-refractivity contribution in [2.45, 2.75) is 19.3 Å². The van der Waals surface area contributed by atoms with Crippen LogP contribution < -0.4 is 4.74 Å². The second kappa shape index (κ2) is 4.23. The molecule has 19 heavy (non-hydrogen) atoms. The van der Waals surface area contributed by atoms with Gasteiger partial charge >= 0.3 is 0 Å². The summed E-state index contributed by atoms with van der Waals surface area (Å²) >= 11 is 0. The van der Waals surface area contributed by atoms with Crippen LogP contribution in [-0.2, 0) is 5.41 Å². The third-order valence-electron chi connectivity index (χ3n) is 3.60. The maximum atomic E-state index is 12.4. The molecule has 0 saturated carbocycles. The van der Waals surface area contributed by atoms with Crippen LogP contribution in [0, 0.1) is 0 Å². The molecule has 0 fully saturated rings. The van der Waals surface area contributed by atoms with Crippen molar-refractivity contribution in [3.05, 3.63) is 65.2 Å². The molecule has 1 heterocycles. The Balaban J connectivity index is 2.02. The van der Waals surface area contributed by atoms with E-state index in [1.165, 1.54) is 0 Å². The van der Waals surface area contributed by atoms with Gasteiger partial charge in [0.05, 0.1) is 6.61 Å². The van der Waals surface area contributed by atoms with Crippen molar-refractivity contribution in [2.75, 3.05) is 6.61 Å². The predicted molar refractivity (Wildman–Crippen MR) is 74.8 cm³/mol. The first-order valence-corrected chi connectivity index (χ1v) is 6.45. The quantitative estimate of drug-likeness (QED) is 0.763. The summed E-state index contributed by atoms with van der Waals surface area (Å²) in [5.74, 6) is 0.959. The largest absolute Gasteiger partial charge is 0.492 e. The number of ether oxygens (including phenoxy) is 1. The first-order valence-electron chi connectivity index (χ1n) is 6.45. The minimum absolute atomic E-state index is 0.0255. The van der Waals surface area contributed by atoms with Gasteiger partial charge in [-0.1, -0.05) is 44.2 Å². The Hall–Kier alpha value is -2.09. The van der Waals surface area contributed by atoms with Gasteiger partial charge in [-0.3, -0.25) is 4.79 Å². The van der Waals surface area contributed by atoms with Crippen LogP contribution in [0.2, 0.25) is 0 Å². The van der Waals surface area contributed by atoms with E-state index in [9.17, 15) is 4.79 Å². The van der Waals surface area contributed by atoms with Crippen molar-refractivity contribution < 1.29 is 9.53 Å². The van der Waals surface area contributed by atoms with E-state index < -0.39 is 0 Å². The number of carbonyl (C=O) groups is 1. The molecule has 0 aromatic heterocycles. The van der Waals surface area contributed by atoms with E-state index in [-0.39, 0.29) is 11.2 Å². The molecule has 2 aromatic carbocycles. The van der Waals surface area contributed by atoms with Crippen LogP contribution in [0.3, 0.4) is 0 Å². The smallest absolute Gasteiger partial charge is 0.193 e. The minimum atomic E-state index is -0.0255. The molecule has 1 aliphatic heterocycles. The normalized spacial score (nSPS) is 15.7. The fourth-order valence-corrected chi connectivity index (χ4v) is 2.42. The summed E-state index contributed by atoms with van der Waals surface area (Å²) in [6.07, 6.45) is 0. The molecule has 0 radical (unpaired) electrons. The number of fused-ring (bicyclic) bond motifs is 1. The van der Waals surface area contributed by atoms with Gasteiger partial charge in [0.15, 0.2) is 5.78 Å². The van der Waals surface area contributed by atoms with Gasteiger partial charge < -0.3 is 4.74 Å². The van der Waals surface area contributed by atoms with E-state index in [4.69, 9.17) is 4.74 Å². The molecule has 0 amide bonds. The molecule has 0 unspecified atom stereocenters. The van der Waals surface area contributed by atoms with Gasteiger partial charge in [-0.05, 0) is 18.2 Å². The van der Waals surface area contributed by atoms with E-state index in [0.717, 1.165) is 22.4 Å². The van der Waals surface area contributed by atoms with Gasteiger partial charge in [0.2, 0.25) is 0 Å². The summed E-state index contributed by atoms with van der Waals surface area (Å²) in [7, 11) is 0. The van der Waals surface area contributed by atoms with Crippen LogP contribution in [0.4, 0.5) is 0 Å². The maximum Gasteiger partial charge on any atom is 0.193 e. The maximum absolute atomic E-state index is 12.4. The van der Waals surface area contributed by atoms with Crippen molar-refractivity contribution in [3.63, 3.8) is 0 Å². The molecule has 0 N–H and O–H groups in total. The lowest BCUT2D eigenvalue weighted by atomic mass is 9.85. The number of carbonyl (C=O) groups excluding carboxylic acids is 1. The van der Waals surface area contributed by atoms with Crippen LogP contribution in [0.5, 0.6) is 5.75 Å². The Kier molecular flexibility index (Phi) is 2.67. The molecule has 2 heteroatoms. The predicted octanol–water partition coefficient (Wildman–Crippen LogP) is 3.59. The van der Waals surface area contributed by atoms with Crippen LogP contribution in [-0.4, -0.2) is 12.4 Å². The molecule has 0 saturated heterocycles. The third kappa shape index (κ3) is 2.03. The molecular formula is C17H16O2. The van der Waals surface area contributed by atoms with Crippen LogP contribution in [0.1, 0.15) is 35.3 Å². The average Bonchev–Trinajstić information content (AvgIpc) is 2.74. The molecule has 2 nitrogen and oxygen atoms in total. The summed E-state index contributed by atoms with van der Waals surface area (Å²) in [6, 6.07) is 15.1. The molecular weight excluding hydrogens is 236 g/mol. The Morgan fingerprint density at radius 3 is 2.53 bits per heavy atom. The summed E-state index contributed by atoms with van der Waals surface area (Å²) in [6.45, 7) is 4.94. The lowest BCUT2D eigenvalue weighted by Crippen LogP contribution is -2.18. The average molecular weight is 252 g/mol. The molecule has 0 atom stereocenters. The van der Waals surface area contributed by atoms with Crippen LogP contribution in [0.25, 0.3) is 0 Å². The Bertz CT molecular complexity index is 627. The van der Waals surface area contributed by atoms with Crippen molar-refractivity contribution in [2.24, 2.45) is 0 Å². The SMILES string of the molecule is CC1(C)COc2ccc(C(=O)c3ccccc3)cc21. The number of rotatable bonds is 2. The van der Waals surface area contributed by atoms with Crippen molar-refractivity contribution >= 4 is 5.78 Å². The lowest BCUT2D eigenvalue weighted by Gasteiger charge is -2.15. The Labute approximate surface area is 113 Å². The summed E-state index contributed by atoms with van der Waals surface area (Å²) < 4.78 is 5.64. The fourth-order valence-electron chi connectivity index (χ4n) is 2.42. The standard InChI is InChI=1S/C17H16O2/c1-17(2)11-19-15-9-8-13(10-14(15)17)16(18)12-6-4-3-5-7-12/h3-10H,11H2,1-2H3. The fraction of sp³-hybridized carbons (Fsp3) is 0.235. The highest BCUT2D eigenvalue weighted by Gasteiger charge is 2.32. The molecule has 0 aliphatic carbocycles. The zero-order valence-electron chi connectivity index (χ0n) is 11.1. The van der Waals surface area contributed by atoms with E-state index in [2.05, 4.69) is 13.8 Å². The molecule has 1 aliphatic rings. The highest BCUT2D eigenvalue weighted by Crippen LogP contribution is 2.38. The van der Waals surface area contributed by atoms with Crippen molar-refractivity contribution in [1.82, 2.24) is 0 Å². The number of hydrogen-bond acceptors (Lipinski definition) is 2. The first-order chi connectivity index (χ1) is 9.08. The Morgan fingerprint density at radius 1 is 1.05 bits per heavy atom. The molecule has 3 rings (SSSR count). The second-order valence-corrected chi connectivity index (χ2v) is 5.58. The van der Waals surface area contributed by atoms with Gasteiger partial charge in [0.1, 0.15) is 5.75 Å². The van der Waals surface area contributed by atoms with E-state index in [1.807, 2.05) is 48.5 Å². The lowest BCUT2D eigenvalue weighted by molar-refractivity contribution is 0.103. The van der Waals surface area contributed by atoms with Crippen molar-refractivity contribution in [3.8, 4) is 5.75 Å². The monoisotopic (exact) mass is 252 g/mol. The van der Waals surface area contributed by atoms with Gasteiger partial charge in [0, 0.05) is 22.1 Å². The highest BCUT2D eigenvalue weighted by molar-refractivity contribution is 6.09. The first kappa shape index (κ1) is 12.0.